The SMILES string of the molecule is COc1ccc(NC(=O)CCCC(=O)O)c(OC)c1. The molecule has 2 N–H and O–H groups in total. The summed E-state index contributed by atoms with van der Waals surface area (Å²) in [5.74, 6) is -0.0359. The summed E-state index contributed by atoms with van der Waals surface area (Å²) < 4.78 is 10.2. The third-order valence-electron chi connectivity index (χ3n) is 2.48. The Labute approximate surface area is 111 Å². The van der Waals surface area contributed by atoms with Gasteiger partial charge in [-0.2, -0.15) is 0 Å². The molecular formula is C13H17NO5. The summed E-state index contributed by atoms with van der Waals surface area (Å²) in [5.41, 5.74) is 0.531. The molecule has 1 rings (SSSR count). The van der Waals surface area contributed by atoms with Gasteiger partial charge in [0.2, 0.25) is 5.91 Å². The highest BCUT2D eigenvalue weighted by atomic mass is 16.5. The molecule has 0 unspecified atom stereocenters. The van der Waals surface area contributed by atoms with Crippen LogP contribution in [-0.4, -0.2) is 31.2 Å². The first-order chi connectivity index (χ1) is 9.06. The minimum atomic E-state index is -0.908. The maximum atomic E-state index is 11.6. The number of amides is 1. The normalized spacial score (nSPS) is 9.79. The molecule has 0 radical (unpaired) electrons. The van der Waals surface area contributed by atoms with Crippen molar-refractivity contribution in [2.75, 3.05) is 19.5 Å². The van der Waals surface area contributed by atoms with Gasteiger partial charge in [-0.15, -0.1) is 0 Å². The lowest BCUT2D eigenvalue weighted by Gasteiger charge is -2.11. The molecule has 0 spiro atoms. The molecule has 0 atom stereocenters. The van der Waals surface area contributed by atoms with Crippen LogP contribution in [0.3, 0.4) is 0 Å². The average Bonchev–Trinajstić information content (AvgIpc) is 2.38. The van der Waals surface area contributed by atoms with Gasteiger partial charge in [-0.05, 0) is 18.6 Å². The van der Waals surface area contributed by atoms with Crippen LogP contribution in [0.2, 0.25) is 0 Å². The number of carbonyl (C=O) groups is 2. The summed E-state index contributed by atoms with van der Waals surface area (Å²) in [7, 11) is 3.04. The van der Waals surface area contributed by atoms with Gasteiger partial charge in [-0.25, -0.2) is 0 Å². The van der Waals surface area contributed by atoms with Crippen LogP contribution in [0.15, 0.2) is 18.2 Å². The van der Waals surface area contributed by atoms with Crippen LogP contribution in [0.5, 0.6) is 11.5 Å². The number of hydrogen-bond donors (Lipinski definition) is 2. The zero-order chi connectivity index (χ0) is 14.3. The Hall–Kier alpha value is -2.24. The number of ether oxygens (including phenoxy) is 2. The van der Waals surface area contributed by atoms with Crippen molar-refractivity contribution >= 4 is 17.6 Å². The maximum Gasteiger partial charge on any atom is 0.303 e. The summed E-state index contributed by atoms with van der Waals surface area (Å²) in [6.45, 7) is 0. The van der Waals surface area contributed by atoms with Gasteiger partial charge >= 0.3 is 5.97 Å². The van der Waals surface area contributed by atoms with E-state index in [1.165, 1.54) is 7.11 Å². The summed E-state index contributed by atoms with van der Waals surface area (Å²) in [6.07, 6.45) is 0.439. The Bertz CT molecular complexity index is 458. The number of methoxy groups -OCH3 is 2. The Morgan fingerprint density at radius 1 is 1.21 bits per heavy atom. The molecule has 0 aliphatic heterocycles. The maximum absolute atomic E-state index is 11.6. The minimum Gasteiger partial charge on any atom is -0.497 e. The first-order valence-electron chi connectivity index (χ1n) is 5.80. The van der Waals surface area contributed by atoms with Gasteiger partial charge in [0.15, 0.2) is 0 Å². The summed E-state index contributed by atoms with van der Waals surface area (Å²) in [4.78, 5) is 22.0. The third-order valence-corrected chi connectivity index (χ3v) is 2.48. The number of carboxylic acids is 1. The summed E-state index contributed by atoms with van der Waals surface area (Å²) in [6, 6.07) is 5.04. The average molecular weight is 267 g/mol. The number of benzene rings is 1. The van der Waals surface area contributed by atoms with Gasteiger partial charge in [0.05, 0.1) is 19.9 Å². The fourth-order valence-electron chi connectivity index (χ4n) is 1.51. The van der Waals surface area contributed by atoms with Crippen molar-refractivity contribution in [3.05, 3.63) is 18.2 Å². The number of anilines is 1. The van der Waals surface area contributed by atoms with Crippen molar-refractivity contribution in [1.82, 2.24) is 0 Å². The number of rotatable bonds is 7. The third kappa shape index (κ3) is 4.87. The van der Waals surface area contributed by atoms with Gasteiger partial charge in [-0.3, -0.25) is 9.59 Å². The van der Waals surface area contributed by atoms with E-state index in [2.05, 4.69) is 5.32 Å². The van der Waals surface area contributed by atoms with Crippen LogP contribution < -0.4 is 14.8 Å². The molecule has 19 heavy (non-hydrogen) atoms. The smallest absolute Gasteiger partial charge is 0.303 e. The Morgan fingerprint density at radius 3 is 2.53 bits per heavy atom. The minimum absolute atomic E-state index is 0.0207. The second-order valence-corrected chi connectivity index (χ2v) is 3.86. The summed E-state index contributed by atoms with van der Waals surface area (Å²) in [5, 5.41) is 11.2. The van der Waals surface area contributed by atoms with Gasteiger partial charge in [-0.1, -0.05) is 0 Å². The zero-order valence-electron chi connectivity index (χ0n) is 10.9. The van der Waals surface area contributed by atoms with Crippen LogP contribution in [0.25, 0.3) is 0 Å². The largest absolute Gasteiger partial charge is 0.497 e. The van der Waals surface area contributed by atoms with Crippen molar-refractivity contribution in [3.63, 3.8) is 0 Å². The van der Waals surface area contributed by atoms with Gasteiger partial charge in [0.25, 0.3) is 0 Å². The molecule has 1 amide bonds. The van der Waals surface area contributed by atoms with E-state index in [1.807, 2.05) is 0 Å². The molecule has 0 saturated carbocycles. The van der Waals surface area contributed by atoms with Crippen molar-refractivity contribution in [2.45, 2.75) is 19.3 Å². The fraction of sp³-hybridized carbons (Fsp3) is 0.385. The van der Waals surface area contributed by atoms with Crippen molar-refractivity contribution < 1.29 is 24.2 Å². The van der Waals surface area contributed by atoms with Crippen LogP contribution in [0.1, 0.15) is 19.3 Å². The molecule has 6 heteroatoms. The standard InChI is InChI=1S/C13H17NO5/c1-18-9-6-7-10(11(8-9)19-2)14-12(15)4-3-5-13(16)17/h6-8H,3-5H2,1-2H3,(H,14,15)(H,16,17). The monoisotopic (exact) mass is 267 g/mol. The van der Waals surface area contributed by atoms with Crippen molar-refractivity contribution in [2.24, 2.45) is 0 Å². The van der Waals surface area contributed by atoms with E-state index in [1.54, 1.807) is 25.3 Å². The quantitative estimate of drug-likeness (QED) is 0.788. The molecule has 0 fully saturated rings. The number of nitrogens with one attached hydrogen (secondary N) is 1. The van der Waals surface area contributed by atoms with Gasteiger partial charge in [0.1, 0.15) is 11.5 Å². The molecule has 104 valence electrons. The fourth-order valence-corrected chi connectivity index (χ4v) is 1.51. The molecule has 0 bridgehead atoms. The number of aliphatic carboxylic acids is 1. The second-order valence-electron chi connectivity index (χ2n) is 3.86. The molecule has 1 aromatic carbocycles. The number of carbonyl (C=O) groups excluding carboxylic acids is 1. The van der Waals surface area contributed by atoms with E-state index in [0.717, 1.165) is 0 Å². The lowest BCUT2D eigenvalue weighted by Crippen LogP contribution is -2.12. The Kier molecular flexibility index (Phi) is 5.66. The van der Waals surface area contributed by atoms with E-state index in [0.29, 0.717) is 23.6 Å². The molecule has 1 aromatic rings. The molecule has 0 aliphatic carbocycles. The molecule has 0 saturated heterocycles. The van der Waals surface area contributed by atoms with Crippen LogP contribution >= 0.6 is 0 Å². The first-order valence-corrected chi connectivity index (χ1v) is 5.80. The highest BCUT2D eigenvalue weighted by molar-refractivity contribution is 5.92. The lowest BCUT2D eigenvalue weighted by molar-refractivity contribution is -0.137. The lowest BCUT2D eigenvalue weighted by atomic mass is 10.2. The summed E-state index contributed by atoms with van der Waals surface area (Å²) >= 11 is 0. The Morgan fingerprint density at radius 2 is 1.95 bits per heavy atom. The number of hydrogen-bond acceptors (Lipinski definition) is 4. The molecule has 0 heterocycles. The highest BCUT2D eigenvalue weighted by Crippen LogP contribution is 2.29. The highest BCUT2D eigenvalue weighted by Gasteiger charge is 2.09. The topological polar surface area (TPSA) is 84.9 Å². The van der Waals surface area contributed by atoms with E-state index >= 15 is 0 Å². The van der Waals surface area contributed by atoms with E-state index < -0.39 is 5.97 Å². The van der Waals surface area contributed by atoms with Crippen molar-refractivity contribution in [3.8, 4) is 11.5 Å². The van der Waals surface area contributed by atoms with Crippen LogP contribution in [0.4, 0.5) is 5.69 Å². The van der Waals surface area contributed by atoms with E-state index in [4.69, 9.17) is 14.6 Å². The predicted octanol–water partition coefficient (Wildman–Crippen LogP) is 1.90. The van der Waals surface area contributed by atoms with Gasteiger partial charge in [0, 0.05) is 18.9 Å². The van der Waals surface area contributed by atoms with Crippen LogP contribution in [-0.2, 0) is 9.59 Å². The van der Waals surface area contributed by atoms with Gasteiger partial charge < -0.3 is 19.9 Å². The van der Waals surface area contributed by atoms with E-state index in [9.17, 15) is 9.59 Å². The molecule has 0 aliphatic rings. The predicted molar refractivity (Wildman–Crippen MR) is 69.7 cm³/mol. The zero-order valence-corrected chi connectivity index (χ0v) is 10.9. The molecule has 6 nitrogen and oxygen atoms in total. The van der Waals surface area contributed by atoms with Crippen molar-refractivity contribution in [1.29, 1.82) is 0 Å². The molecule has 0 aromatic heterocycles. The Balaban J connectivity index is 2.60. The van der Waals surface area contributed by atoms with E-state index in [-0.39, 0.29) is 18.7 Å². The first kappa shape index (κ1) is 14.8. The second kappa shape index (κ2) is 7.25. The molecular weight excluding hydrogens is 250 g/mol. The number of carboxylic acid groups (broad SMARTS) is 1. The van der Waals surface area contributed by atoms with Crippen LogP contribution in [0, 0.1) is 0 Å².